The number of carbonyl (C=O) groups is 2. The van der Waals surface area contributed by atoms with Gasteiger partial charge in [0.1, 0.15) is 11.5 Å². The van der Waals surface area contributed by atoms with Crippen LogP contribution in [0.1, 0.15) is 30.1 Å². The van der Waals surface area contributed by atoms with Crippen molar-refractivity contribution < 1.29 is 14.3 Å². The summed E-state index contributed by atoms with van der Waals surface area (Å²) >= 11 is 0. The number of hydrogen-bond donors (Lipinski definition) is 1. The van der Waals surface area contributed by atoms with Crippen LogP contribution in [0.2, 0.25) is 0 Å². The number of Topliss-reactive ketones (excluding diaryl/α,β-unsaturated/α-hetero) is 2. The highest BCUT2D eigenvalue weighted by molar-refractivity contribution is 6.08. The smallest absolute Gasteiger partial charge is 0.170 e. The Bertz CT molecular complexity index is 413. The Morgan fingerprint density at radius 3 is 2.56 bits per heavy atom. The molecule has 1 rings (SSSR count). The molecule has 0 aliphatic heterocycles. The summed E-state index contributed by atoms with van der Waals surface area (Å²) in [7, 11) is 1.51. The Balaban J connectivity index is 2.85. The summed E-state index contributed by atoms with van der Waals surface area (Å²) < 4.78 is 4.98. The average Bonchev–Trinajstić information content (AvgIpc) is 2.28. The van der Waals surface area contributed by atoms with E-state index in [0.717, 1.165) is 0 Å². The van der Waals surface area contributed by atoms with Crippen LogP contribution in [0, 0.1) is 0 Å². The lowest BCUT2D eigenvalue weighted by Crippen LogP contribution is -2.07. The third-order valence-electron chi connectivity index (χ3n) is 2.30. The molecule has 16 heavy (non-hydrogen) atoms. The lowest BCUT2D eigenvalue weighted by molar-refractivity contribution is -0.117. The number of hydrogen-bond acceptors (Lipinski definition) is 4. The van der Waals surface area contributed by atoms with Crippen LogP contribution in [-0.2, 0) is 4.79 Å². The molecule has 0 aliphatic rings. The van der Waals surface area contributed by atoms with Crippen molar-refractivity contribution >= 4 is 17.3 Å². The largest absolute Gasteiger partial charge is 0.495 e. The predicted molar refractivity (Wildman–Crippen MR) is 61.7 cm³/mol. The maximum atomic E-state index is 11.6. The SMILES string of the molecule is CCC(=O)CC(=O)c1ccc(OC)c(N)c1. The van der Waals surface area contributed by atoms with Gasteiger partial charge in [-0.1, -0.05) is 6.92 Å². The molecule has 0 saturated carbocycles. The van der Waals surface area contributed by atoms with Gasteiger partial charge in [-0.2, -0.15) is 0 Å². The van der Waals surface area contributed by atoms with Gasteiger partial charge in [-0.25, -0.2) is 0 Å². The number of anilines is 1. The first-order valence-corrected chi connectivity index (χ1v) is 5.07. The molecular formula is C12H15NO3. The summed E-state index contributed by atoms with van der Waals surface area (Å²) in [4.78, 5) is 22.8. The molecule has 86 valence electrons. The fraction of sp³-hybridized carbons (Fsp3) is 0.333. The number of benzene rings is 1. The molecule has 0 aromatic heterocycles. The van der Waals surface area contributed by atoms with Gasteiger partial charge >= 0.3 is 0 Å². The number of nitrogen functional groups attached to an aromatic ring is 1. The average molecular weight is 221 g/mol. The normalized spacial score (nSPS) is 9.88. The van der Waals surface area contributed by atoms with Gasteiger partial charge in [-0.3, -0.25) is 9.59 Å². The number of nitrogens with two attached hydrogens (primary N) is 1. The molecule has 1 aromatic carbocycles. The Labute approximate surface area is 94.4 Å². The molecule has 0 fully saturated rings. The van der Waals surface area contributed by atoms with Gasteiger partial charge in [0, 0.05) is 12.0 Å². The highest BCUT2D eigenvalue weighted by Gasteiger charge is 2.11. The number of carbonyl (C=O) groups excluding carboxylic acids is 2. The topological polar surface area (TPSA) is 69.4 Å². The first kappa shape index (κ1) is 12.2. The molecule has 2 N–H and O–H groups in total. The number of rotatable bonds is 5. The fourth-order valence-electron chi connectivity index (χ4n) is 1.31. The fourth-order valence-corrected chi connectivity index (χ4v) is 1.31. The van der Waals surface area contributed by atoms with Crippen LogP contribution in [0.4, 0.5) is 5.69 Å². The summed E-state index contributed by atoms with van der Waals surface area (Å²) in [6.07, 6.45) is 0.305. The summed E-state index contributed by atoms with van der Waals surface area (Å²) in [6, 6.07) is 4.77. The second-order valence-corrected chi connectivity index (χ2v) is 3.45. The van der Waals surface area contributed by atoms with E-state index >= 15 is 0 Å². The van der Waals surface area contributed by atoms with Crippen molar-refractivity contribution in [2.45, 2.75) is 19.8 Å². The molecule has 0 bridgehead atoms. The van der Waals surface area contributed by atoms with Crippen molar-refractivity contribution in [1.82, 2.24) is 0 Å². The Kier molecular flexibility index (Phi) is 4.05. The van der Waals surface area contributed by atoms with Gasteiger partial charge in [-0.15, -0.1) is 0 Å². The van der Waals surface area contributed by atoms with Gasteiger partial charge < -0.3 is 10.5 Å². The predicted octanol–water partition coefficient (Wildman–Crippen LogP) is 1.83. The van der Waals surface area contributed by atoms with Crippen molar-refractivity contribution in [3.05, 3.63) is 23.8 Å². The zero-order chi connectivity index (χ0) is 12.1. The Morgan fingerprint density at radius 1 is 1.38 bits per heavy atom. The van der Waals surface area contributed by atoms with E-state index in [1.807, 2.05) is 0 Å². The lowest BCUT2D eigenvalue weighted by atomic mass is 10.0. The maximum Gasteiger partial charge on any atom is 0.170 e. The van der Waals surface area contributed by atoms with Crippen LogP contribution in [0.25, 0.3) is 0 Å². The minimum absolute atomic E-state index is 0.0672. The zero-order valence-electron chi connectivity index (χ0n) is 9.45. The number of ether oxygens (including phenoxy) is 1. The zero-order valence-corrected chi connectivity index (χ0v) is 9.45. The van der Waals surface area contributed by atoms with Crippen LogP contribution in [0.5, 0.6) is 5.75 Å². The van der Waals surface area contributed by atoms with E-state index in [1.165, 1.54) is 13.2 Å². The highest BCUT2D eigenvalue weighted by Crippen LogP contribution is 2.22. The molecule has 0 radical (unpaired) electrons. The monoisotopic (exact) mass is 221 g/mol. The van der Waals surface area contributed by atoms with E-state index in [0.29, 0.717) is 23.4 Å². The first-order chi connectivity index (χ1) is 7.58. The minimum Gasteiger partial charge on any atom is -0.495 e. The van der Waals surface area contributed by atoms with Crippen LogP contribution < -0.4 is 10.5 Å². The number of ketones is 2. The van der Waals surface area contributed by atoms with E-state index in [-0.39, 0.29) is 18.0 Å². The molecule has 4 nitrogen and oxygen atoms in total. The van der Waals surface area contributed by atoms with Gasteiger partial charge in [0.05, 0.1) is 19.2 Å². The first-order valence-electron chi connectivity index (χ1n) is 5.07. The van der Waals surface area contributed by atoms with E-state index < -0.39 is 0 Å². The minimum atomic E-state index is -0.207. The van der Waals surface area contributed by atoms with E-state index in [9.17, 15) is 9.59 Å². The van der Waals surface area contributed by atoms with Crippen LogP contribution in [-0.4, -0.2) is 18.7 Å². The second kappa shape index (κ2) is 5.30. The van der Waals surface area contributed by atoms with Crippen molar-refractivity contribution in [3.63, 3.8) is 0 Å². The standard InChI is InChI=1S/C12H15NO3/c1-3-9(14)7-11(15)8-4-5-12(16-2)10(13)6-8/h4-6H,3,7,13H2,1-2H3. The quantitative estimate of drug-likeness (QED) is 0.468. The van der Waals surface area contributed by atoms with Crippen molar-refractivity contribution in [1.29, 1.82) is 0 Å². The third-order valence-corrected chi connectivity index (χ3v) is 2.30. The molecular weight excluding hydrogens is 206 g/mol. The van der Waals surface area contributed by atoms with E-state index in [2.05, 4.69) is 0 Å². The summed E-state index contributed by atoms with van der Waals surface area (Å²) in [5.41, 5.74) is 6.52. The second-order valence-electron chi connectivity index (χ2n) is 3.45. The molecule has 0 atom stereocenters. The Morgan fingerprint density at radius 2 is 2.06 bits per heavy atom. The molecule has 0 heterocycles. The van der Waals surface area contributed by atoms with Crippen LogP contribution in [0.3, 0.4) is 0 Å². The van der Waals surface area contributed by atoms with Crippen LogP contribution in [0.15, 0.2) is 18.2 Å². The van der Waals surface area contributed by atoms with Crippen molar-refractivity contribution in [2.24, 2.45) is 0 Å². The van der Waals surface area contributed by atoms with Crippen LogP contribution >= 0.6 is 0 Å². The van der Waals surface area contributed by atoms with E-state index in [1.54, 1.807) is 19.1 Å². The van der Waals surface area contributed by atoms with Crippen molar-refractivity contribution in [2.75, 3.05) is 12.8 Å². The lowest BCUT2D eigenvalue weighted by Gasteiger charge is -2.06. The maximum absolute atomic E-state index is 11.6. The highest BCUT2D eigenvalue weighted by atomic mass is 16.5. The van der Waals surface area contributed by atoms with Gasteiger partial charge in [0.25, 0.3) is 0 Å². The molecule has 0 saturated heterocycles. The molecule has 4 heteroatoms. The summed E-state index contributed by atoms with van der Waals surface area (Å²) in [5.74, 6) is 0.249. The summed E-state index contributed by atoms with van der Waals surface area (Å²) in [6.45, 7) is 1.73. The van der Waals surface area contributed by atoms with E-state index in [4.69, 9.17) is 10.5 Å². The Hall–Kier alpha value is -1.84. The van der Waals surface area contributed by atoms with Crippen molar-refractivity contribution in [3.8, 4) is 5.75 Å². The molecule has 1 aromatic rings. The molecule has 0 aliphatic carbocycles. The van der Waals surface area contributed by atoms with Gasteiger partial charge in [-0.05, 0) is 18.2 Å². The molecule has 0 unspecified atom stereocenters. The van der Waals surface area contributed by atoms with Gasteiger partial charge in [0.2, 0.25) is 0 Å². The van der Waals surface area contributed by atoms with Gasteiger partial charge in [0.15, 0.2) is 5.78 Å². The molecule has 0 spiro atoms. The summed E-state index contributed by atoms with van der Waals surface area (Å²) in [5, 5.41) is 0. The molecule has 0 amide bonds. The number of methoxy groups -OCH3 is 1. The third kappa shape index (κ3) is 2.82.